The molecular formula is C12H26NiO2PS2. The largest absolute Gasteiger partial charge is 3.00 e. The molecule has 0 saturated carbocycles. The molecule has 0 spiro atoms. The van der Waals surface area contributed by atoms with Crippen molar-refractivity contribution in [3.8, 4) is 0 Å². The van der Waals surface area contributed by atoms with Gasteiger partial charge in [-0.2, -0.15) is 0 Å². The molecule has 0 amide bonds. The first-order valence-corrected chi connectivity index (χ1v) is 10.9. The van der Waals surface area contributed by atoms with Gasteiger partial charge in [0, 0.05) is 0 Å². The molecule has 0 aliphatic rings. The van der Waals surface area contributed by atoms with Crippen molar-refractivity contribution in [2.45, 2.75) is 64.9 Å². The van der Waals surface area contributed by atoms with Crippen molar-refractivity contribution < 1.29 is 26.3 Å². The van der Waals surface area contributed by atoms with Crippen LogP contribution >= 0.6 is 5.69 Å². The zero-order valence-electron chi connectivity index (χ0n) is 12.1. The van der Waals surface area contributed by atoms with E-state index < -0.39 is 15.8 Å². The van der Waals surface area contributed by atoms with Gasteiger partial charge in [0.2, 0.25) is 0 Å². The Morgan fingerprint density at radius 2 is 1.17 bits per heavy atom. The van der Waals surface area contributed by atoms with E-state index in [1.165, 1.54) is 0 Å². The van der Waals surface area contributed by atoms with Crippen molar-refractivity contribution in [1.29, 1.82) is 0 Å². The van der Waals surface area contributed by atoms with Crippen molar-refractivity contribution in [3.05, 3.63) is 0 Å². The average Bonchev–Trinajstić information content (AvgIpc) is 1.95. The van der Waals surface area contributed by atoms with Crippen LogP contribution in [0.4, 0.5) is 0 Å². The molecule has 1 radical (unpaired) electrons. The van der Waals surface area contributed by atoms with Gasteiger partial charge in [-0.15, -0.1) is 0 Å². The normalized spacial score (nSPS) is 17.5. The maximum Gasteiger partial charge on any atom is 3.00 e. The van der Waals surface area contributed by atoms with Crippen LogP contribution in [0.15, 0.2) is 0 Å². The van der Waals surface area contributed by atoms with Gasteiger partial charge in [0.1, 0.15) is 0 Å². The molecular weight excluding hydrogens is 330 g/mol. The fraction of sp³-hybridized carbons (Fsp3) is 1.00. The predicted molar refractivity (Wildman–Crippen MR) is 79.5 cm³/mol. The van der Waals surface area contributed by atoms with Crippen molar-refractivity contribution in [2.24, 2.45) is 11.8 Å². The van der Waals surface area contributed by atoms with E-state index in [9.17, 15) is 9.79 Å². The second-order valence-electron chi connectivity index (χ2n) is 5.67. The van der Waals surface area contributed by atoms with Crippen LogP contribution in [-0.2, 0) is 38.8 Å². The van der Waals surface area contributed by atoms with E-state index in [0.29, 0.717) is 11.8 Å². The van der Waals surface area contributed by atoms with Crippen LogP contribution in [0.25, 0.3) is 0 Å². The minimum Gasteiger partial charge on any atom is -0.854 e. The summed E-state index contributed by atoms with van der Waals surface area (Å²) in [6.07, 6.45) is 1.88. The van der Waals surface area contributed by atoms with E-state index in [1.807, 2.05) is 13.8 Å². The monoisotopic (exact) mass is 355 g/mol. The molecule has 2 atom stereocenters. The summed E-state index contributed by atoms with van der Waals surface area (Å²) >= 11 is 4.78. The van der Waals surface area contributed by atoms with Gasteiger partial charge in [0.15, 0.2) is 0 Å². The third-order valence-electron chi connectivity index (χ3n) is 2.69. The Kier molecular flexibility index (Phi) is 11.5. The van der Waals surface area contributed by atoms with Crippen molar-refractivity contribution >= 4 is 28.0 Å². The third-order valence-corrected chi connectivity index (χ3v) is 10.5. The van der Waals surface area contributed by atoms with Crippen molar-refractivity contribution in [1.82, 2.24) is 0 Å². The van der Waals surface area contributed by atoms with Crippen molar-refractivity contribution in [3.63, 3.8) is 0 Å². The fourth-order valence-corrected chi connectivity index (χ4v) is 11.0. The zero-order chi connectivity index (χ0) is 13.8. The van der Waals surface area contributed by atoms with Gasteiger partial charge >= 0.3 is 16.5 Å². The van der Waals surface area contributed by atoms with Gasteiger partial charge < -0.3 is 27.7 Å². The smallest absolute Gasteiger partial charge is 0.854 e. The molecule has 0 aliphatic carbocycles. The van der Waals surface area contributed by atoms with Crippen LogP contribution in [0.1, 0.15) is 54.4 Å². The molecule has 0 aliphatic heterocycles. The van der Waals surface area contributed by atoms with Gasteiger partial charge in [-0.25, -0.2) is 10.1 Å². The van der Waals surface area contributed by atoms with E-state index in [0.717, 1.165) is 12.8 Å². The van der Waals surface area contributed by atoms with E-state index in [4.69, 9.17) is 12.2 Å². The van der Waals surface area contributed by atoms with E-state index in [2.05, 4.69) is 27.7 Å². The fourth-order valence-electron chi connectivity index (χ4n) is 2.36. The van der Waals surface area contributed by atoms with Crippen LogP contribution in [-0.4, -0.2) is 10.5 Å². The number of rotatable bonds is 6. The molecule has 2 nitrogen and oxygen atoms in total. The van der Waals surface area contributed by atoms with E-state index in [-0.39, 0.29) is 27.0 Å². The summed E-state index contributed by atoms with van der Waals surface area (Å²) < 4.78 is 0. The molecule has 2 unspecified atom stereocenters. The van der Waals surface area contributed by atoms with E-state index >= 15 is 0 Å². The Labute approximate surface area is 131 Å². The minimum atomic E-state index is -3.64. The van der Waals surface area contributed by atoms with Gasteiger partial charge in [-0.1, -0.05) is 41.5 Å². The van der Waals surface area contributed by atoms with Crippen molar-refractivity contribution in [2.75, 3.05) is 0 Å². The SMILES string of the molecule is CC(C)CC(C)S(C(C)CC(C)C)=P([O-])([O-])[S-].[Ni+3]. The summed E-state index contributed by atoms with van der Waals surface area (Å²) in [5, 5.41) is 0.370. The molecule has 0 aromatic carbocycles. The molecule has 0 aromatic heterocycles. The third kappa shape index (κ3) is 8.66. The summed E-state index contributed by atoms with van der Waals surface area (Å²) in [7, 11) is -0.658. The molecule has 0 bridgehead atoms. The molecule has 0 N–H and O–H groups in total. The molecule has 0 fully saturated rings. The molecule has 18 heavy (non-hydrogen) atoms. The Hall–Kier alpha value is 1.54. The maximum absolute atomic E-state index is 11.8. The first-order valence-electron chi connectivity index (χ1n) is 6.30. The number of hydrogen-bond donors (Lipinski definition) is 0. The molecule has 0 rings (SSSR count). The second kappa shape index (κ2) is 9.47. The first kappa shape index (κ1) is 21.8. The van der Waals surface area contributed by atoms with Crippen LogP contribution in [0.5, 0.6) is 0 Å². The standard InChI is InChI=1S/C12H26O2PS2.Ni/c1-9(2)7-11(5)17(15(13,14)16)12(6)8-10(3)4;/h9-12H,7-8H2,1-6H3;/q-3;+3. The van der Waals surface area contributed by atoms with Gasteiger partial charge in [-0.05, 0) is 35.2 Å². The average molecular weight is 356 g/mol. The topological polar surface area (TPSA) is 46.1 Å². The zero-order valence-corrected chi connectivity index (χ0v) is 15.6. The minimum absolute atomic E-state index is 0. The van der Waals surface area contributed by atoms with E-state index in [1.54, 1.807) is 0 Å². The molecule has 0 saturated heterocycles. The summed E-state index contributed by atoms with van der Waals surface area (Å²) in [5.41, 5.74) is -3.64. The van der Waals surface area contributed by atoms with Crippen LogP contribution in [0, 0.1) is 11.8 Å². The molecule has 0 aromatic rings. The van der Waals surface area contributed by atoms with Crippen LogP contribution < -0.4 is 9.79 Å². The van der Waals surface area contributed by atoms with Crippen LogP contribution in [0.2, 0.25) is 0 Å². The summed E-state index contributed by atoms with van der Waals surface area (Å²) in [6, 6.07) is 0. The number of hydrogen-bond acceptors (Lipinski definition) is 3. The molecule has 113 valence electrons. The predicted octanol–water partition coefficient (Wildman–Crippen LogP) is 2.42. The summed E-state index contributed by atoms with van der Waals surface area (Å²) in [4.78, 5) is 23.7. The van der Waals surface area contributed by atoms with Gasteiger partial charge in [-0.3, -0.25) is 0 Å². The van der Waals surface area contributed by atoms with Gasteiger partial charge in [0.05, 0.1) is 0 Å². The molecule has 0 heterocycles. The second-order valence-corrected chi connectivity index (χ2v) is 13.7. The Morgan fingerprint density at radius 3 is 1.33 bits per heavy atom. The van der Waals surface area contributed by atoms with Crippen LogP contribution in [0.3, 0.4) is 0 Å². The quantitative estimate of drug-likeness (QED) is 0.417. The first-order chi connectivity index (χ1) is 7.55. The Bertz CT molecular complexity index is 264. The summed E-state index contributed by atoms with van der Waals surface area (Å²) in [6.45, 7) is 12.6. The summed E-state index contributed by atoms with van der Waals surface area (Å²) in [5.74, 6) is 1.04. The maximum atomic E-state index is 11.8. The Morgan fingerprint density at radius 1 is 0.889 bits per heavy atom. The molecule has 6 heteroatoms. The van der Waals surface area contributed by atoms with Gasteiger partial charge in [0.25, 0.3) is 0 Å². The Balaban J connectivity index is 0.